The van der Waals surface area contributed by atoms with Crippen molar-refractivity contribution in [1.82, 2.24) is 25.0 Å². The number of morpholine rings is 1. The lowest BCUT2D eigenvalue weighted by Crippen LogP contribution is -2.44. The smallest absolute Gasteiger partial charge is 0.377 e. The predicted octanol–water partition coefficient (Wildman–Crippen LogP) is 4.20. The molecule has 1 aliphatic carbocycles. The van der Waals surface area contributed by atoms with Gasteiger partial charge in [-0.25, -0.2) is 4.98 Å². The Bertz CT molecular complexity index is 1040. The number of anilines is 1. The minimum Gasteiger partial charge on any atom is -0.377 e. The summed E-state index contributed by atoms with van der Waals surface area (Å²) < 4.78 is 46.8. The fraction of sp³-hybridized carbons (Fsp3) is 0.571. The number of ether oxygens (including phenoxy) is 1. The zero-order valence-electron chi connectivity index (χ0n) is 17.3. The average Bonchev–Trinajstić information content (AvgIpc) is 3.42. The molecule has 0 aromatic carbocycles. The van der Waals surface area contributed by atoms with E-state index < -0.39 is 12.1 Å². The van der Waals surface area contributed by atoms with Crippen molar-refractivity contribution in [1.29, 1.82) is 0 Å². The molecule has 3 aromatic rings. The summed E-state index contributed by atoms with van der Waals surface area (Å²) in [6.07, 6.45) is 0.647. The van der Waals surface area contributed by atoms with Gasteiger partial charge in [-0.3, -0.25) is 5.10 Å². The topological polar surface area (TPSA) is 71.9 Å². The van der Waals surface area contributed by atoms with Crippen molar-refractivity contribution < 1.29 is 17.9 Å². The molecular weight excluding hydrogens is 409 g/mol. The molecular formula is C21H25F3N6O. The largest absolute Gasteiger partial charge is 0.391 e. The fourth-order valence-electron chi connectivity index (χ4n) is 4.84. The maximum Gasteiger partial charge on any atom is 0.391 e. The Morgan fingerprint density at radius 2 is 2.00 bits per heavy atom. The van der Waals surface area contributed by atoms with Gasteiger partial charge in [-0.15, -0.1) is 0 Å². The van der Waals surface area contributed by atoms with E-state index in [9.17, 15) is 13.2 Å². The zero-order chi connectivity index (χ0) is 21.6. The number of rotatable bonds is 3. The monoisotopic (exact) mass is 434 g/mol. The summed E-state index contributed by atoms with van der Waals surface area (Å²) in [4.78, 5) is 7.12. The molecule has 0 radical (unpaired) electrons. The lowest BCUT2D eigenvalue weighted by molar-refractivity contribution is -0.182. The molecule has 0 spiro atoms. The Labute approximate surface area is 177 Å². The third-order valence-electron chi connectivity index (χ3n) is 6.57. The zero-order valence-corrected chi connectivity index (χ0v) is 17.3. The van der Waals surface area contributed by atoms with Gasteiger partial charge in [0.2, 0.25) is 0 Å². The number of H-pyrrole nitrogens is 1. The van der Waals surface area contributed by atoms with Crippen LogP contribution in [0, 0.1) is 5.92 Å². The van der Waals surface area contributed by atoms with Crippen LogP contribution in [-0.4, -0.2) is 56.9 Å². The molecule has 31 heavy (non-hydrogen) atoms. The summed E-state index contributed by atoms with van der Waals surface area (Å²) in [5.74, 6) is 0.366. The summed E-state index contributed by atoms with van der Waals surface area (Å²) >= 11 is 0. The summed E-state index contributed by atoms with van der Waals surface area (Å²) in [6.45, 7) is 4.05. The van der Waals surface area contributed by atoms with E-state index in [2.05, 4.69) is 33.2 Å². The Morgan fingerprint density at radius 3 is 2.68 bits per heavy atom. The van der Waals surface area contributed by atoms with E-state index in [0.29, 0.717) is 37.5 Å². The number of halogens is 3. The first-order valence-corrected chi connectivity index (χ1v) is 10.7. The number of aromatic nitrogens is 5. The highest BCUT2D eigenvalue weighted by molar-refractivity contribution is 5.83. The Hall–Kier alpha value is -2.62. The van der Waals surface area contributed by atoms with Gasteiger partial charge < -0.3 is 9.64 Å². The van der Waals surface area contributed by atoms with E-state index in [1.165, 1.54) is 0 Å². The average molecular weight is 434 g/mol. The Balaban J connectivity index is 1.57. The molecule has 2 fully saturated rings. The number of pyridine rings is 1. The van der Waals surface area contributed by atoms with Crippen molar-refractivity contribution in [3.63, 3.8) is 0 Å². The second kappa shape index (κ2) is 7.81. The summed E-state index contributed by atoms with van der Waals surface area (Å²) in [5.41, 5.74) is 1.72. The molecule has 5 rings (SSSR count). The predicted molar refractivity (Wildman–Crippen MR) is 109 cm³/mol. The molecule has 4 heterocycles. The van der Waals surface area contributed by atoms with Crippen molar-refractivity contribution in [2.75, 3.05) is 24.7 Å². The molecule has 10 heteroatoms. The van der Waals surface area contributed by atoms with Crippen LogP contribution in [0.3, 0.4) is 0 Å². The lowest BCUT2D eigenvalue weighted by Gasteiger charge is -2.35. The molecule has 1 atom stereocenters. The van der Waals surface area contributed by atoms with Gasteiger partial charge in [0, 0.05) is 18.0 Å². The number of aromatic amines is 1. The number of nitrogens with one attached hydrogen (secondary N) is 1. The van der Waals surface area contributed by atoms with Crippen LogP contribution < -0.4 is 4.90 Å². The van der Waals surface area contributed by atoms with Gasteiger partial charge in [0.05, 0.1) is 37.6 Å². The van der Waals surface area contributed by atoms with Gasteiger partial charge in [0.1, 0.15) is 5.82 Å². The van der Waals surface area contributed by atoms with Gasteiger partial charge in [-0.2, -0.15) is 28.1 Å². The third kappa shape index (κ3) is 3.77. The van der Waals surface area contributed by atoms with Crippen LogP contribution in [0.4, 0.5) is 19.0 Å². The SMILES string of the molecule is CC1COCCN1c1cc(C2CCC(C(F)(F)F)CC2)c2cnn(-c3ccn[nH]3)c2n1. The number of alkyl halides is 3. The molecule has 1 unspecified atom stereocenters. The second-order valence-electron chi connectivity index (χ2n) is 8.51. The van der Waals surface area contributed by atoms with Crippen molar-refractivity contribution in [2.24, 2.45) is 5.92 Å². The Morgan fingerprint density at radius 1 is 1.19 bits per heavy atom. The molecule has 2 aliphatic rings. The van der Waals surface area contributed by atoms with Crippen LogP contribution >= 0.6 is 0 Å². The van der Waals surface area contributed by atoms with E-state index in [1.54, 1.807) is 17.1 Å². The second-order valence-corrected chi connectivity index (χ2v) is 8.51. The molecule has 1 saturated carbocycles. The maximum atomic E-state index is 13.2. The van der Waals surface area contributed by atoms with Crippen molar-refractivity contribution in [2.45, 2.75) is 50.7 Å². The lowest BCUT2D eigenvalue weighted by atomic mass is 9.78. The van der Waals surface area contributed by atoms with E-state index in [1.807, 2.05) is 6.07 Å². The van der Waals surface area contributed by atoms with E-state index in [-0.39, 0.29) is 24.8 Å². The van der Waals surface area contributed by atoms with Crippen molar-refractivity contribution in [3.05, 3.63) is 30.1 Å². The highest BCUT2D eigenvalue weighted by Crippen LogP contribution is 2.45. The first kappa shape index (κ1) is 20.3. The van der Waals surface area contributed by atoms with Crippen LogP contribution in [0.1, 0.15) is 44.1 Å². The van der Waals surface area contributed by atoms with E-state index in [0.717, 1.165) is 23.3 Å². The quantitative estimate of drug-likeness (QED) is 0.669. The molecule has 3 aromatic heterocycles. The Kier molecular flexibility index (Phi) is 5.11. The maximum absolute atomic E-state index is 13.2. The first-order valence-electron chi connectivity index (χ1n) is 10.7. The van der Waals surface area contributed by atoms with Crippen molar-refractivity contribution >= 4 is 16.9 Å². The normalized spacial score (nSPS) is 25.3. The van der Waals surface area contributed by atoms with Gasteiger partial charge in [-0.05, 0) is 50.2 Å². The van der Waals surface area contributed by atoms with E-state index in [4.69, 9.17) is 9.72 Å². The van der Waals surface area contributed by atoms with Gasteiger partial charge in [0.15, 0.2) is 11.5 Å². The molecule has 1 N–H and O–H groups in total. The van der Waals surface area contributed by atoms with Crippen molar-refractivity contribution in [3.8, 4) is 5.82 Å². The number of fused-ring (bicyclic) bond motifs is 1. The van der Waals surface area contributed by atoms with Gasteiger partial charge >= 0.3 is 6.18 Å². The van der Waals surface area contributed by atoms with Crippen LogP contribution in [0.5, 0.6) is 0 Å². The molecule has 0 amide bonds. The first-order chi connectivity index (χ1) is 14.9. The molecule has 166 valence electrons. The van der Waals surface area contributed by atoms with E-state index >= 15 is 0 Å². The third-order valence-corrected chi connectivity index (χ3v) is 6.57. The minimum absolute atomic E-state index is 0.0543. The van der Waals surface area contributed by atoms with Crippen LogP contribution in [-0.2, 0) is 4.74 Å². The summed E-state index contributed by atoms with van der Waals surface area (Å²) in [7, 11) is 0. The van der Waals surface area contributed by atoms with Crippen LogP contribution in [0.15, 0.2) is 24.5 Å². The van der Waals surface area contributed by atoms with Gasteiger partial charge in [0.25, 0.3) is 0 Å². The summed E-state index contributed by atoms with van der Waals surface area (Å²) in [5, 5.41) is 12.3. The minimum atomic E-state index is -4.11. The highest BCUT2D eigenvalue weighted by Gasteiger charge is 2.42. The van der Waals surface area contributed by atoms with Crippen LogP contribution in [0.25, 0.3) is 16.9 Å². The standard InChI is InChI=1S/C21H25F3N6O/c1-13-12-31-9-8-29(13)19-10-16(14-2-4-15(5-3-14)21(22,23)24)17-11-26-30(20(17)27-19)18-6-7-25-28-18/h6-7,10-11,13-15H,2-5,8-9,12H2,1H3,(H,25,28). The fourth-order valence-corrected chi connectivity index (χ4v) is 4.84. The van der Waals surface area contributed by atoms with Crippen LogP contribution in [0.2, 0.25) is 0 Å². The van der Waals surface area contributed by atoms with Gasteiger partial charge in [-0.1, -0.05) is 0 Å². The number of hydrogen-bond donors (Lipinski definition) is 1. The molecule has 0 bridgehead atoms. The number of nitrogens with zero attached hydrogens (tertiary/aromatic N) is 5. The molecule has 1 saturated heterocycles. The molecule has 7 nitrogen and oxygen atoms in total. The highest BCUT2D eigenvalue weighted by atomic mass is 19.4. The summed E-state index contributed by atoms with van der Waals surface area (Å²) in [6, 6.07) is 4.03. The number of hydrogen-bond acceptors (Lipinski definition) is 5. The molecule has 1 aliphatic heterocycles.